The number of benzene rings is 2. The molecule has 2 aromatic heterocycles. The van der Waals surface area contributed by atoms with Gasteiger partial charge in [0.2, 0.25) is 5.88 Å². The highest BCUT2D eigenvalue weighted by Crippen LogP contribution is 2.38. The van der Waals surface area contributed by atoms with E-state index < -0.39 is 21.8 Å². The standard InChI is InChI=1S/C26H25FN4O7S/c1-5-16-6-8-19(35-3)22(10-16)39(33,34)31-25-24-20(36-4)11-18(12-21(24)38-30-25)37-23-9-7-17(13-28-23)14-29-26(32)15(2)27/h6-13H,2,5,14H2,1,3-4H3,(H,29,32)(H,30,31). The lowest BCUT2D eigenvalue weighted by Crippen LogP contribution is -2.22. The topological polar surface area (TPSA) is 142 Å². The summed E-state index contributed by atoms with van der Waals surface area (Å²) in [6.45, 7) is 4.90. The van der Waals surface area contributed by atoms with Crippen LogP contribution in [0.5, 0.6) is 23.1 Å². The second-order valence-corrected chi connectivity index (χ2v) is 9.82. The van der Waals surface area contributed by atoms with Crippen molar-refractivity contribution in [3.63, 3.8) is 0 Å². The highest BCUT2D eigenvalue weighted by molar-refractivity contribution is 7.92. The number of fused-ring (bicyclic) bond motifs is 1. The van der Waals surface area contributed by atoms with E-state index >= 15 is 0 Å². The zero-order chi connectivity index (χ0) is 28.2. The Kier molecular flexibility index (Phi) is 8.00. The fraction of sp³-hybridized carbons (Fsp3) is 0.192. The number of hydrogen-bond donors (Lipinski definition) is 2. The number of ether oxygens (including phenoxy) is 3. The Morgan fingerprint density at radius 1 is 1.08 bits per heavy atom. The molecule has 4 rings (SSSR count). The molecule has 4 aromatic rings. The summed E-state index contributed by atoms with van der Waals surface area (Å²) in [6, 6.07) is 11.1. The number of hydrogen-bond acceptors (Lipinski definition) is 9. The molecule has 1 amide bonds. The Morgan fingerprint density at radius 2 is 1.82 bits per heavy atom. The van der Waals surface area contributed by atoms with E-state index in [0.717, 1.165) is 5.56 Å². The Morgan fingerprint density at radius 3 is 2.46 bits per heavy atom. The third-order valence-electron chi connectivity index (χ3n) is 5.61. The van der Waals surface area contributed by atoms with Gasteiger partial charge in [-0.05, 0) is 29.7 Å². The number of methoxy groups -OCH3 is 2. The summed E-state index contributed by atoms with van der Waals surface area (Å²) in [5, 5.41) is 6.54. The second kappa shape index (κ2) is 11.4. The molecule has 39 heavy (non-hydrogen) atoms. The van der Waals surface area contributed by atoms with Crippen molar-refractivity contribution in [2.24, 2.45) is 0 Å². The first-order chi connectivity index (χ1) is 18.6. The minimum absolute atomic E-state index is 0.0388. The molecular formula is C26H25FN4O7S. The van der Waals surface area contributed by atoms with E-state index in [1.54, 1.807) is 24.3 Å². The van der Waals surface area contributed by atoms with Crippen molar-refractivity contribution in [2.45, 2.75) is 24.8 Å². The molecule has 0 radical (unpaired) electrons. The van der Waals surface area contributed by atoms with E-state index in [-0.39, 0.29) is 51.4 Å². The quantitative estimate of drug-likeness (QED) is 0.255. The molecule has 0 atom stereocenters. The van der Waals surface area contributed by atoms with Gasteiger partial charge >= 0.3 is 0 Å². The molecule has 0 bridgehead atoms. The summed E-state index contributed by atoms with van der Waals surface area (Å²) in [7, 11) is -1.30. The predicted molar refractivity (Wildman–Crippen MR) is 140 cm³/mol. The first-order valence-electron chi connectivity index (χ1n) is 11.6. The fourth-order valence-corrected chi connectivity index (χ4v) is 4.84. The Labute approximate surface area is 223 Å². The third kappa shape index (κ3) is 6.09. The van der Waals surface area contributed by atoms with Crippen molar-refractivity contribution in [1.29, 1.82) is 0 Å². The van der Waals surface area contributed by atoms with Crippen molar-refractivity contribution in [3.05, 3.63) is 72.2 Å². The van der Waals surface area contributed by atoms with Crippen LogP contribution in [0.15, 0.2) is 70.5 Å². The number of nitrogens with zero attached hydrogens (tertiary/aromatic N) is 2. The van der Waals surface area contributed by atoms with Crippen LogP contribution in [-0.4, -0.2) is 38.7 Å². The van der Waals surface area contributed by atoms with Crippen molar-refractivity contribution < 1.29 is 36.3 Å². The first-order valence-corrected chi connectivity index (χ1v) is 13.1. The van der Waals surface area contributed by atoms with Crippen LogP contribution in [0.3, 0.4) is 0 Å². The van der Waals surface area contributed by atoms with Gasteiger partial charge in [0.05, 0.1) is 14.2 Å². The van der Waals surface area contributed by atoms with Crippen LogP contribution >= 0.6 is 0 Å². The Hall–Kier alpha value is -4.65. The lowest BCUT2D eigenvalue weighted by Gasteiger charge is -2.12. The molecule has 11 nitrogen and oxygen atoms in total. The number of halogens is 1. The van der Waals surface area contributed by atoms with E-state index in [9.17, 15) is 17.6 Å². The number of aryl methyl sites for hydroxylation is 1. The molecule has 0 aliphatic carbocycles. The molecule has 2 heterocycles. The zero-order valence-electron chi connectivity index (χ0n) is 21.3. The van der Waals surface area contributed by atoms with Gasteiger partial charge in [0.25, 0.3) is 15.9 Å². The number of carbonyl (C=O) groups excluding carboxylic acids is 1. The smallest absolute Gasteiger partial charge is 0.279 e. The number of anilines is 1. The molecule has 0 spiro atoms. The van der Waals surface area contributed by atoms with Gasteiger partial charge in [0.15, 0.2) is 17.2 Å². The number of carbonyl (C=O) groups is 1. The summed E-state index contributed by atoms with van der Waals surface area (Å²) in [5.74, 6) is -1.14. The molecule has 0 fully saturated rings. The predicted octanol–water partition coefficient (Wildman–Crippen LogP) is 4.49. The Bertz CT molecular complexity index is 1640. The highest BCUT2D eigenvalue weighted by Gasteiger charge is 2.25. The number of pyridine rings is 1. The van der Waals surface area contributed by atoms with Crippen molar-refractivity contribution in [3.8, 4) is 23.1 Å². The van der Waals surface area contributed by atoms with E-state index in [1.165, 1.54) is 38.6 Å². The van der Waals surface area contributed by atoms with Crippen molar-refractivity contribution in [2.75, 3.05) is 18.9 Å². The van der Waals surface area contributed by atoms with Gasteiger partial charge in [-0.15, -0.1) is 0 Å². The van der Waals surface area contributed by atoms with E-state index in [2.05, 4.69) is 26.8 Å². The van der Waals surface area contributed by atoms with Crippen LogP contribution in [0.4, 0.5) is 10.2 Å². The number of sulfonamides is 1. The monoisotopic (exact) mass is 556 g/mol. The van der Waals surface area contributed by atoms with Gasteiger partial charge in [-0.3, -0.25) is 9.52 Å². The van der Waals surface area contributed by atoms with Gasteiger partial charge in [-0.25, -0.2) is 17.8 Å². The third-order valence-corrected chi connectivity index (χ3v) is 6.97. The second-order valence-electron chi connectivity index (χ2n) is 8.17. The molecule has 0 saturated heterocycles. The van der Waals surface area contributed by atoms with Crippen molar-refractivity contribution in [1.82, 2.24) is 15.5 Å². The summed E-state index contributed by atoms with van der Waals surface area (Å²) >= 11 is 0. The van der Waals surface area contributed by atoms with Gasteiger partial charge in [0, 0.05) is 30.9 Å². The molecule has 204 valence electrons. The summed E-state index contributed by atoms with van der Waals surface area (Å²) in [4.78, 5) is 15.4. The van der Waals surface area contributed by atoms with E-state index in [4.69, 9.17) is 18.7 Å². The number of nitrogens with one attached hydrogen (secondary N) is 2. The normalized spacial score (nSPS) is 11.2. The maximum Gasteiger partial charge on any atom is 0.279 e. The van der Waals surface area contributed by atoms with Crippen LogP contribution < -0.4 is 24.2 Å². The summed E-state index contributed by atoms with van der Waals surface area (Å²) < 4.78 is 63.6. The fourth-order valence-electron chi connectivity index (χ4n) is 3.61. The SMILES string of the molecule is C=C(F)C(=O)NCc1ccc(Oc2cc(OC)c3c(NS(=O)(=O)c4cc(CC)ccc4OC)noc3c2)nc1. The largest absolute Gasteiger partial charge is 0.496 e. The van der Waals surface area contributed by atoms with E-state index in [0.29, 0.717) is 12.0 Å². The van der Waals surface area contributed by atoms with Crippen LogP contribution in [-0.2, 0) is 27.8 Å². The van der Waals surface area contributed by atoms with E-state index in [1.807, 2.05) is 6.92 Å². The minimum Gasteiger partial charge on any atom is -0.496 e. The molecule has 2 N–H and O–H groups in total. The van der Waals surface area contributed by atoms with Crippen LogP contribution in [0.25, 0.3) is 11.0 Å². The average molecular weight is 557 g/mol. The zero-order valence-corrected chi connectivity index (χ0v) is 22.1. The maximum absolute atomic E-state index is 13.3. The van der Waals surface area contributed by atoms with Gasteiger partial charge in [-0.1, -0.05) is 30.8 Å². The summed E-state index contributed by atoms with van der Waals surface area (Å²) in [6.07, 6.45) is 2.09. The molecule has 2 aromatic carbocycles. The average Bonchev–Trinajstić information content (AvgIpc) is 3.33. The van der Waals surface area contributed by atoms with Gasteiger partial charge in [0.1, 0.15) is 27.5 Å². The number of amides is 1. The van der Waals surface area contributed by atoms with Crippen LogP contribution in [0.2, 0.25) is 0 Å². The Balaban J connectivity index is 1.57. The number of aromatic nitrogens is 2. The lowest BCUT2D eigenvalue weighted by atomic mass is 10.2. The first kappa shape index (κ1) is 27.4. The minimum atomic E-state index is -4.10. The van der Waals surface area contributed by atoms with Crippen LogP contribution in [0, 0.1) is 0 Å². The van der Waals surface area contributed by atoms with Crippen molar-refractivity contribution >= 4 is 32.7 Å². The highest BCUT2D eigenvalue weighted by atomic mass is 32.2. The molecule has 0 saturated carbocycles. The maximum atomic E-state index is 13.3. The lowest BCUT2D eigenvalue weighted by molar-refractivity contribution is -0.119. The number of rotatable bonds is 11. The molecule has 0 aliphatic rings. The molecule has 0 unspecified atom stereocenters. The molecule has 0 aliphatic heterocycles. The van der Waals surface area contributed by atoms with Crippen LogP contribution in [0.1, 0.15) is 18.1 Å². The van der Waals surface area contributed by atoms with Gasteiger partial charge < -0.3 is 24.1 Å². The van der Waals surface area contributed by atoms with Gasteiger partial charge in [-0.2, -0.15) is 0 Å². The molecule has 13 heteroatoms. The summed E-state index contributed by atoms with van der Waals surface area (Å²) in [5.41, 5.74) is 1.62. The molecular weight excluding hydrogens is 531 g/mol.